The lowest BCUT2D eigenvalue weighted by Gasteiger charge is -2.02. The normalized spacial score (nSPS) is 10.4. The molecule has 1 aromatic carbocycles. The Kier molecular flexibility index (Phi) is 2.22. The topological polar surface area (TPSA) is 30.0 Å². The maximum atomic E-state index is 11.3. The van der Waals surface area contributed by atoms with Gasteiger partial charge in [-0.2, -0.15) is 0 Å². The number of carbonyl (C=O) groups excluding carboxylic acids is 1. The minimum absolute atomic E-state index is 0.0414. The summed E-state index contributed by atoms with van der Waals surface area (Å²) in [5.41, 5.74) is 1.44. The monoisotopic (exact) mass is 205 g/mol. The Bertz CT molecular complexity index is 508. The second kappa shape index (κ2) is 3.39. The zero-order chi connectivity index (χ0) is 10.1. The molecule has 70 valence electrons. The van der Waals surface area contributed by atoms with Crippen LogP contribution in [0.3, 0.4) is 0 Å². The van der Waals surface area contributed by atoms with Crippen LogP contribution in [0.25, 0.3) is 10.9 Å². The number of pyridine rings is 1. The molecule has 0 unspecified atom stereocenters. The maximum Gasteiger partial charge on any atom is 0.160 e. The summed E-state index contributed by atoms with van der Waals surface area (Å²) >= 11 is 5.83. The van der Waals surface area contributed by atoms with Crippen molar-refractivity contribution in [1.29, 1.82) is 0 Å². The second-order valence-corrected chi connectivity index (χ2v) is 3.51. The number of nitrogens with zero attached hydrogens (tertiary/aromatic N) is 1. The summed E-state index contributed by atoms with van der Waals surface area (Å²) in [6, 6.07) is 7.06. The van der Waals surface area contributed by atoms with E-state index >= 15 is 0 Å². The van der Waals surface area contributed by atoms with E-state index in [1.165, 1.54) is 0 Å². The lowest BCUT2D eigenvalue weighted by molar-refractivity contribution is 0.101. The number of ketones is 1. The molecular formula is C11H8ClNO. The molecular weight excluding hydrogens is 198 g/mol. The van der Waals surface area contributed by atoms with E-state index in [1.54, 1.807) is 31.3 Å². The van der Waals surface area contributed by atoms with Gasteiger partial charge in [-0.3, -0.25) is 9.78 Å². The predicted octanol–water partition coefficient (Wildman–Crippen LogP) is 3.09. The molecule has 0 N–H and O–H groups in total. The van der Waals surface area contributed by atoms with Gasteiger partial charge in [0.15, 0.2) is 5.78 Å². The zero-order valence-electron chi connectivity index (χ0n) is 7.62. The minimum Gasteiger partial charge on any atom is -0.294 e. The van der Waals surface area contributed by atoms with Crippen molar-refractivity contribution in [3.63, 3.8) is 0 Å². The number of Topliss-reactive ketones (excluding diaryl/α,β-unsaturated/α-hetero) is 1. The molecule has 0 spiro atoms. The van der Waals surface area contributed by atoms with E-state index in [9.17, 15) is 4.79 Å². The third-order valence-electron chi connectivity index (χ3n) is 2.08. The van der Waals surface area contributed by atoms with Crippen molar-refractivity contribution in [2.75, 3.05) is 0 Å². The van der Waals surface area contributed by atoms with Gasteiger partial charge in [0.05, 0.1) is 5.52 Å². The number of fused-ring (bicyclic) bond motifs is 1. The van der Waals surface area contributed by atoms with Crippen LogP contribution < -0.4 is 0 Å². The summed E-state index contributed by atoms with van der Waals surface area (Å²) in [5, 5.41) is 1.48. The molecule has 0 saturated carbocycles. The highest BCUT2D eigenvalue weighted by molar-refractivity contribution is 6.31. The fourth-order valence-corrected chi connectivity index (χ4v) is 1.59. The van der Waals surface area contributed by atoms with Crippen LogP contribution in [-0.2, 0) is 0 Å². The fourth-order valence-electron chi connectivity index (χ4n) is 1.43. The number of carbonyl (C=O) groups is 1. The van der Waals surface area contributed by atoms with Crippen LogP contribution in [0, 0.1) is 0 Å². The Morgan fingerprint density at radius 2 is 2.14 bits per heavy atom. The first-order valence-electron chi connectivity index (χ1n) is 4.23. The summed E-state index contributed by atoms with van der Waals surface area (Å²) < 4.78 is 0. The van der Waals surface area contributed by atoms with Gasteiger partial charge < -0.3 is 0 Å². The van der Waals surface area contributed by atoms with Crippen molar-refractivity contribution in [1.82, 2.24) is 4.98 Å². The van der Waals surface area contributed by atoms with Crippen molar-refractivity contribution >= 4 is 28.3 Å². The van der Waals surface area contributed by atoms with Crippen molar-refractivity contribution in [2.45, 2.75) is 6.92 Å². The van der Waals surface area contributed by atoms with E-state index < -0.39 is 0 Å². The van der Waals surface area contributed by atoms with Crippen molar-refractivity contribution in [3.8, 4) is 0 Å². The van der Waals surface area contributed by atoms with E-state index in [0.29, 0.717) is 10.6 Å². The molecule has 1 aromatic heterocycles. The third-order valence-corrected chi connectivity index (χ3v) is 2.32. The quantitative estimate of drug-likeness (QED) is 0.670. The summed E-state index contributed by atoms with van der Waals surface area (Å²) in [7, 11) is 0. The largest absolute Gasteiger partial charge is 0.294 e. The molecule has 2 nitrogen and oxygen atoms in total. The molecule has 0 atom stereocenters. The molecule has 2 rings (SSSR count). The Hall–Kier alpha value is -1.41. The second-order valence-electron chi connectivity index (χ2n) is 3.08. The maximum absolute atomic E-state index is 11.3. The molecule has 0 radical (unpaired) electrons. The Balaban J connectivity index is 2.81. The van der Waals surface area contributed by atoms with Crippen LogP contribution in [0.5, 0.6) is 0 Å². The average molecular weight is 206 g/mol. The van der Waals surface area contributed by atoms with Crippen molar-refractivity contribution in [2.24, 2.45) is 0 Å². The van der Waals surface area contributed by atoms with E-state index in [1.807, 2.05) is 6.07 Å². The van der Waals surface area contributed by atoms with Crippen LogP contribution in [0.1, 0.15) is 17.3 Å². The number of hydrogen-bond acceptors (Lipinski definition) is 2. The summed E-state index contributed by atoms with van der Waals surface area (Å²) in [6.07, 6.45) is 1.62. The summed E-state index contributed by atoms with van der Waals surface area (Å²) in [5.74, 6) is 0.0414. The van der Waals surface area contributed by atoms with Crippen LogP contribution in [0.2, 0.25) is 5.02 Å². The van der Waals surface area contributed by atoms with Crippen molar-refractivity contribution < 1.29 is 4.79 Å². The molecule has 0 bridgehead atoms. The number of aromatic nitrogens is 1. The van der Waals surface area contributed by atoms with Crippen LogP contribution in [0.4, 0.5) is 0 Å². The van der Waals surface area contributed by atoms with E-state index in [-0.39, 0.29) is 5.78 Å². The Morgan fingerprint density at radius 1 is 1.36 bits per heavy atom. The summed E-state index contributed by atoms with van der Waals surface area (Å²) in [6.45, 7) is 1.55. The van der Waals surface area contributed by atoms with Gasteiger partial charge in [0.25, 0.3) is 0 Å². The Labute approximate surface area is 86.5 Å². The molecule has 2 aromatic rings. The van der Waals surface area contributed by atoms with E-state index in [0.717, 1.165) is 10.9 Å². The van der Waals surface area contributed by atoms with Crippen molar-refractivity contribution in [3.05, 3.63) is 41.0 Å². The van der Waals surface area contributed by atoms with Crippen LogP contribution >= 0.6 is 11.6 Å². The van der Waals surface area contributed by atoms with Gasteiger partial charge >= 0.3 is 0 Å². The van der Waals surface area contributed by atoms with E-state index in [4.69, 9.17) is 11.6 Å². The third kappa shape index (κ3) is 1.49. The molecule has 14 heavy (non-hydrogen) atoms. The molecule has 0 amide bonds. The molecule has 3 heteroatoms. The lowest BCUT2D eigenvalue weighted by Crippen LogP contribution is -1.94. The van der Waals surface area contributed by atoms with Gasteiger partial charge in [-0.1, -0.05) is 17.7 Å². The smallest absolute Gasteiger partial charge is 0.160 e. The van der Waals surface area contributed by atoms with Gasteiger partial charge in [0.1, 0.15) is 0 Å². The van der Waals surface area contributed by atoms with Crippen LogP contribution in [0.15, 0.2) is 30.5 Å². The predicted molar refractivity (Wildman–Crippen MR) is 56.8 cm³/mol. The highest BCUT2D eigenvalue weighted by Crippen LogP contribution is 2.20. The summed E-state index contributed by atoms with van der Waals surface area (Å²) in [4.78, 5) is 15.4. The van der Waals surface area contributed by atoms with Gasteiger partial charge in [0.2, 0.25) is 0 Å². The minimum atomic E-state index is 0.0414. The lowest BCUT2D eigenvalue weighted by atomic mass is 10.1. The molecule has 0 aliphatic carbocycles. The first-order valence-corrected chi connectivity index (χ1v) is 4.61. The standard InChI is InChI=1S/C11H8ClNO/c1-7(14)9-4-5-13-11-6-8(12)2-3-10(9)11/h2-6H,1H3. The molecule has 0 fully saturated rings. The Morgan fingerprint density at radius 3 is 2.86 bits per heavy atom. The SMILES string of the molecule is CC(=O)c1ccnc2cc(Cl)ccc12. The van der Waals surface area contributed by atoms with E-state index in [2.05, 4.69) is 4.98 Å². The number of benzene rings is 1. The first-order chi connectivity index (χ1) is 6.68. The molecule has 0 aliphatic heterocycles. The zero-order valence-corrected chi connectivity index (χ0v) is 8.38. The molecule has 1 heterocycles. The van der Waals surface area contributed by atoms with Crippen LogP contribution in [-0.4, -0.2) is 10.8 Å². The number of rotatable bonds is 1. The first kappa shape index (κ1) is 9.16. The van der Waals surface area contributed by atoms with Gasteiger partial charge in [-0.15, -0.1) is 0 Å². The fraction of sp³-hybridized carbons (Fsp3) is 0.0909. The number of halogens is 1. The van der Waals surface area contributed by atoms with Gasteiger partial charge in [-0.25, -0.2) is 0 Å². The van der Waals surface area contributed by atoms with Gasteiger partial charge in [-0.05, 0) is 25.1 Å². The molecule has 0 aliphatic rings. The average Bonchev–Trinajstić information content (AvgIpc) is 2.16. The number of hydrogen-bond donors (Lipinski definition) is 0. The highest BCUT2D eigenvalue weighted by Gasteiger charge is 2.05. The van der Waals surface area contributed by atoms with Gasteiger partial charge in [0, 0.05) is 22.2 Å². The molecule has 0 saturated heterocycles. The highest BCUT2D eigenvalue weighted by atomic mass is 35.5.